The first kappa shape index (κ1) is 22.8. The summed E-state index contributed by atoms with van der Waals surface area (Å²) in [5.74, 6) is -1.20. The highest BCUT2D eigenvalue weighted by atomic mass is 32.2. The summed E-state index contributed by atoms with van der Waals surface area (Å²) < 4.78 is 31.7. The van der Waals surface area contributed by atoms with Crippen molar-refractivity contribution in [2.45, 2.75) is 31.6 Å². The maximum Gasteiger partial charge on any atom is 0.325 e. The van der Waals surface area contributed by atoms with E-state index in [9.17, 15) is 22.8 Å². The molecule has 2 rings (SSSR count). The van der Waals surface area contributed by atoms with Crippen molar-refractivity contribution >= 4 is 27.8 Å². The zero-order valence-electron chi connectivity index (χ0n) is 16.9. The predicted octanol–water partition coefficient (Wildman–Crippen LogP) is 0.206. The molecule has 29 heavy (non-hydrogen) atoms. The van der Waals surface area contributed by atoms with E-state index >= 15 is 0 Å². The molecular formula is C19H27N3O6S. The Hall–Kier alpha value is -2.46. The van der Waals surface area contributed by atoms with Gasteiger partial charge in [-0.3, -0.25) is 14.4 Å². The number of sulfonamides is 1. The lowest BCUT2D eigenvalue weighted by atomic mass is 10.2. The van der Waals surface area contributed by atoms with E-state index in [4.69, 9.17) is 0 Å². The number of nitrogens with zero attached hydrogens (tertiary/aromatic N) is 2. The van der Waals surface area contributed by atoms with Gasteiger partial charge in [0.15, 0.2) is 0 Å². The van der Waals surface area contributed by atoms with Crippen molar-refractivity contribution in [2.75, 3.05) is 39.8 Å². The molecular weight excluding hydrogens is 398 g/mol. The number of hydrogen-bond donors (Lipinski definition) is 1. The number of ether oxygens (including phenoxy) is 1. The molecule has 0 bridgehead atoms. The molecule has 0 spiro atoms. The van der Waals surface area contributed by atoms with Crippen molar-refractivity contribution < 1.29 is 27.5 Å². The molecule has 1 aromatic carbocycles. The lowest BCUT2D eigenvalue weighted by Gasteiger charge is -2.34. The third kappa shape index (κ3) is 6.01. The highest BCUT2D eigenvalue weighted by molar-refractivity contribution is 7.89. The van der Waals surface area contributed by atoms with E-state index in [-0.39, 0.29) is 51.5 Å². The average molecular weight is 426 g/mol. The number of amides is 2. The first-order chi connectivity index (χ1) is 13.6. The average Bonchev–Trinajstić information content (AvgIpc) is 2.71. The fraction of sp³-hybridized carbons (Fsp3) is 0.526. The number of aryl methyl sites for hydroxylation is 2. The van der Waals surface area contributed by atoms with E-state index < -0.39 is 21.9 Å². The summed E-state index contributed by atoms with van der Waals surface area (Å²) in [6, 6.07) is 5.31. The standard InChI is InChI=1S/C19H27N3O6S/c1-14-4-5-15(2)16(12-14)29(26,27)22-10-8-21(9-11-22)18(24)7-6-17(23)20-13-19(25)28-3/h4-5,12H,6-11,13H2,1-3H3,(H,20,23). The summed E-state index contributed by atoms with van der Waals surface area (Å²) in [7, 11) is -2.40. The van der Waals surface area contributed by atoms with E-state index in [2.05, 4.69) is 10.1 Å². The van der Waals surface area contributed by atoms with Crippen LogP contribution in [0.3, 0.4) is 0 Å². The molecule has 1 heterocycles. The number of methoxy groups -OCH3 is 1. The van der Waals surface area contributed by atoms with Gasteiger partial charge >= 0.3 is 5.97 Å². The molecule has 0 unspecified atom stereocenters. The van der Waals surface area contributed by atoms with Crippen molar-refractivity contribution in [1.82, 2.24) is 14.5 Å². The summed E-state index contributed by atoms with van der Waals surface area (Å²) >= 11 is 0. The van der Waals surface area contributed by atoms with Gasteiger partial charge in [0.25, 0.3) is 0 Å². The van der Waals surface area contributed by atoms with Crippen LogP contribution in [0.4, 0.5) is 0 Å². The van der Waals surface area contributed by atoms with Crippen LogP contribution < -0.4 is 5.32 Å². The van der Waals surface area contributed by atoms with Crippen molar-refractivity contribution in [3.8, 4) is 0 Å². The molecule has 0 atom stereocenters. The Morgan fingerprint density at radius 3 is 2.34 bits per heavy atom. The minimum absolute atomic E-state index is 0.00323. The smallest absolute Gasteiger partial charge is 0.325 e. The first-order valence-electron chi connectivity index (χ1n) is 9.34. The van der Waals surface area contributed by atoms with Crippen LogP contribution in [0.1, 0.15) is 24.0 Å². The molecule has 1 N–H and O–H groups in total. The van der Waals surface area contributed by atoms with Gasteiger partial charge in [0.2, 0.25) is 21.8 Å². The zero-order valence-corrected chi connectivity index (χ0v) is 17.8. The molecule has 10 heteroatoms. The lowest BCUT2D eigenvalue weighted by molar-refractivity contribution is -0.141. The van der Waals surface area contributed by atoms with Gasteiger partial charge < -0.3 is 15.0 Å². The number of nitrogens with one attached hydrogen (secondary N) is 1. The van der Waals surface area contributed by atoms with E-state index in [1.807, 2.05) is 13.0 Å². The van der Waals surface area contributed by atoms with Crippen LogP contribution in [-0.4, -0.2) is 75.2 Å². The van der Waals surface area contributed by atoms with E-state index in [1.165, 1.54) is 11.4 Å². The van der Waals surface area contributed by atoms with Crippen LogP contribution in [0.2, 0.25) is 0 Å². The minimum atomic E-state index is -3.62. The number of esters is 1. The normalized spacial score (nSPS) is 15.1. The van der Waals surface area contributed by atoms with Crippen molar-refractivity contribution in [3.05, 3.63) is 29.3 Å². The number of piperazine rings is 1. The Morgan fingerprint density at radius 2 is 1.72 bits per heavy atom. The molecule has 0 aromatic heterocycles. The summed E-state index contributed by atoms with van der Waals surface area (Å²) in [6.45, 7) is 4.32. The summed E-state index contributed by atoms with van der Waals surface area (Å²) in [4.78, 5) is 36.8. The van der Waals surface area contributed by atoms with Gasteiger partial charge in [0, 0.05) is 39.0 Å². The quantitative estimate of drug-likeness (QED) is 0.625. The first-order valence-corrected chi connectivity index (χ1v) is 10.8. The maximum atomic E-state index is 12.9. The van der Waals surface area contributed by atoms with Crippen molar-refractivity contribution in [2.24, 2.45) is 0 Å². The molecule has 1 aliphatic rings. The van der Waals surface area contributed by atoms with Gasteiger partial charge in [0.1, 0.15) is 6.54 Å². The van der Waals surface area contributed by atoms with Crippen LogP contribution in [0.5, 0.6) is 0 Å². The molecule has 1 fully saturated rings. The number of hydrogen-bond acceptors (Lipinski definition) is 6. The SMILES string of the molecule is COC(=O)CNC(=O)CCC(=O)N1CCN(S(=O)(=O)c2cc(C)ccc2C)CC1. The van der Waals surface area contributed by atoms with Gasteiger partial charge in [-0.2, -0.15) is 4.31 Å². The Bertz CT molecular complexity index is 876. The van der Waals surface area contributed by atoms with Gasteiger partial charge in [0.05, 0.1) is 12.0 Å². The highest BCUT2D eigenvalue weighted by Crippen LogP contribution is 2.22. The van der Waals surface area contributed by atoms with Crippen LogP contribution in [0, 0.1) is 13.8 Å². The second-order valence-corrected chi connectivity index (χ2v) is 8.81. The topological polar surface area (TPSA) is 113 Å². The van der Waals surface area contributed by atoms with Crippen LogP contribution in [0.25, 0.3) is 0 Å². The second-order valence-electron chi connectivity index (χ2n) is 6.91. The highest BCUT2D eigenvalue weighted by Gasteiger charge is 2.31. The molecule has 0 radical (unpaired) electrons. The fourth-order valence-corrected chi connectivity index (χ4v) is 4.74. The molecule has 1 aliphatic heterocycles. The van der Waals surface area contributed by atoms with Crippen molar-refractivity contribution in [1.29, 1.82) is 0 Å². The third-order valence-corrected chi connectivity index (χ3v) is 6.82. The van der Waals surface area contributed by atoms with Gasteiger partial charge in [-0.15, -0.1) is 0 Å². The van der Waals surface area contributed by atoms with Crippen LogP contribution >= 0.6 is 0 Å². The van der Waals surface area contributed by atoms with Gasteiger partial charge in [-0.25, -0.2) is 8.42 Å². The van der Waals surface area contributed by atoms with E-state index in [0.29, 0.717) is 10.5 Å². The van der Waals surface area contributed by atoms with Crippen molar-refractivity contribution in [3.63, 3.8) is 0 Å². The fourth-order valence-electron chi connectivity index (χ4n) is 3.01. The molecule has 160 valence electrons. The molecule has 1 aromatic rings. The largest absolute Gasteiger partial charge is 0.468 e. The maximum absolute atomic E-state index is 12.9. The van der Waals surface area contributed by atoms with E-state index in [1.54, 1.807) is 24.0 Å². The Morgan fingerprint density at radius 1 is 1.07 bits per heavy atom. The molecule has 2 amide bonds. The van der Waals surface area contributed by atoms with Crippen LogP contribution in [-0.2, 0) is 29.1 Å². The Labute approximate surface area is 171 Å². The zero-order chi connectivity index (χ0) is 21.6. The summed E-state index contributed by atoms with van der Waals surface area (Å²) in [5.41, 5.74) is 1.56. The number of benzene rings is 1. The Kier molecular flexibility index (Phi) is 7.74. The second kappa shape index (κ2) is 9.84. The number of rotatable bonds is 7. The molecule has 0 saturated carbocycles. The van der Waals surface area contributed by atoms with E-state index in [0.717, 1.165) is 5.56 Å². The number of carbonyl (C=O) groups is 3. The summed E-state index contributed by atoms with van der Waals surface area (Å²) in [5, 5.41) is 2.37. The van der Waals surface area contributed by atoms with Gasteiger partial charge in [-0.05, 0) is 31.0 Å². The minimum Gasteiger partial charge on any atom is -0.468 e. The Balaban J connectivity index is 1.86. The molecule has 1 saturated heterocycles. The lowest BCUT2D eigenvalue weighted by Crippen LogP contribution is -2.50. The molecule has 0 aliphatic carbocycles. The van der Waals surface area contributed by atoms with Crippen LogP contribution in [0.15, 0.2) is 23.1 Å². The monoisotopic (exact) mass is 425 g/mol. The third-order valence-electron chi connectivity index (χ3n) is 4.78. The number of carbonyl (C=O) groups excluding carboxylic acids is 3. The predicted molar refractivity (Wildman–Crippen MR) is 106 cm³/mol. The molecule has 9 nitrogen and oxygen atoms in total. The summed E-state index contributed by atoms with van der Waals surface area (Å²) in [6.07, 6.45) is -0.0480. The van der Waals surface area contributed by atoms with Gasteiger partial charge in [-0.1, -0.05) is 12.1 Å².